The van der Waals surface area contributed by atoms with Gasteiger partial charge in [-0.3, -0.25) is 4.90 Å². The van der Waals surface area contributed by atoms with Crippen molar-refractivity contribution in [1.29, 1.82) is 0 Å². The lowest BCUT2D eigenvalue weighted by molar-refractivity contribution is 0.0792. The highest BCUT2D eigenvalue weighted by molar-refractivity contribution is 14.0. The summed E-state index contributed by atoms with van der Waals surface area (Å²) in [5, 5.41) is 17.5. The van der Waals surface area contributed by atoms with Gasteiger partial charge in [-0.2, -0.15) is 0 Å². The van der Waals surface area contributed by atoms with Crippen LogP contribution in [0.25, 0.3) is 0 Å². The third-order valence-electron chi connectivity index (χ3n) is 5.17. The summed E-state index contributed by atoms with van der Waals surface area (Å²) in [4.78, 5) is 12.9. The van der Waals surface area contributed by atoms with Crippen LogP contribution in [0, 0.1) is 13.8 Å². The van der Waals surface area contributed by atoms with Crippen LogP contribution < -0.4 is 10.6 Å². The highest BCUT2D eigenvalue weighted by Gasteiger charge is 2.16. The maximum Gasteiger partial charge on any atom is 0.191 e. The van der Waals surface area contributed by atoms with Crippen LogP contribution in [-0.4, -0.2) is 46.7 Å². The summed E-state index contributed by atoms with van der Waals surface area (Å²) in [6.45, 7) is 11.3. The molecule has 1 aromatic carbocycles. The Morgan fingerprint density at radius 3 is 2.43 bits per heavy atom. The fourth-order valence-electron chi connectivity index (χ4n) is 3.50. The van der Waals surface area contributed by atoms with Gasteiger partial charge in [-0.05, 0) is 44.7 Å². The average molecular weight is 544 g/mol. The van der Waals surface area contributed by atoms with Gasteiger partial charge in [0, 0.05) is 31.1 Å². The van der Waals surface area contributed by atoms with E-state index in [1.807, 2.05) is 6.92 Å². The Hall–Kier alpha value is -1.23. The van der Waals surface area contributed by atoms with E-state index < -0.39 is 0 Å². The minimum atomic E-state index is -0.116. The fourth-order valence-corrected chi connectivity index (χ4v) is 4.38. The number of rotatable bonds is 7. The van der Waals surface area contributed by atoms with Crippen molar-refractivity contribution in [2.45, 2.75) is 59.4 Å². The Morgan fingerprint density at radius 1 is 1.17 bits per heavy atom. The third kappa shape index (κ3) is 7.79. The van der Waals surface area contributed by atoms with Gasteiger partial charge >= 0.3 is 0 Å². The van der Waals surface area contributed by atoms with Gasteiger partial charge in [0.15, 0.2) is 5.96 Å². The molecule has 166 valence electrons. The summed E-state index contributed by atoms with van der Waals surface area (Å²) in [6.07, 6.45) is 1.65. The van der Waals surface area contributed by atoms with Crippen molar-refractivity contribution in [3.05, 3.63) is 51.0 Å². The number of aryl methyl sites for hydroxylation is 2. The van der Waals surface area contributed by atoms with Crippen molar-refractivity contribution in [2.24, 2.45) is 4.99 Å². The van der Waals surface area contributed by atoms with E-state index in [0.29, 0.717) is 6.54 Å². The first-order valence-electron chi connectivity index (χ1n) is 10.5. The minimum absolute atomic E-state index is 0. The molecule has 1 saturated heterocycles. The van der Waals surface area contributed by atoms with E-state index in [9.17, 15) is 5.11 Å². The molecule has 0 unspecified atom stereocenters. The molecule has 1 aliphatic heterocycles. The first kappa shape index (κ1) is 25.0. The summed E-state index contributed by atoms with van der Waals surface area (Å²) in [7, 11) is 0. The number of aliphatic hydroxyl groups is 1. The third-order valence-corrected chi connectivity index (χ3v) is 6.24. The van der Waals surface area contributed by atoms with Crippen molar-refractivity contribution in [3.63, 3.8) is 0 Å². The largest absolute Gasteiger partial charge is 0.393 e. The Balaban J connectivity index is 0.00000320. The maximum atomic E-state index is 9.64. The number of aliphatic hydroxyl groups excluding tert-OH is 1. The predicted molar refractivity (Wildman–Crippen MR) is 136 cm³/mol. The van der Waals surface area contributed by atoms with Crippen LogP contribution in [0.15, 0.2) is 29.3 Å². The first-order chi connectivity index (χ1) is 14.0. The maximum absolute atomic E-state index is 9.64. The number of hydrogen-bond acceptors (Lipinski definition) is 5. The van der Waals surface area contributed by atoms with Crippen molar-refractivity contribution in [3.8, 4) is 0 Å². The highest BCUT2D eigenvalue weighted by atomic mass is 127. The number of aliphatic imine (C=N–C) groups is 1. The Labute approximate surface area is 201 Å². The Morgan fingerprint density at radius 2 is 1.83 bits per heavy atom. The smallest absolute Gasteiger partial charge is 0.191 e. The SMILES string of the molecule is CCNC(=NCc1ccc(CN2CCC(O)CC2)cc1)NCc1sc(C)nc1C.I. The summed E-state index contributed by atoms with van der Waals surface area (Å²) in [5.41, 5.74) is 3.61. The predicted octanol–water partition coefficient (Wildman–Crippen LogP) is 3.59. The van der Waals surface area contributed by atoms with Crippen LogP contribution in [-0.2, 0) is 19.6 Å². The van der Waals surface area contributed by atoms with Crippen LogP contribution >= 0.6 is 35.3 Å². The van der Waals surface area contributed by atoms with Gasteiger partial charge < -0.3 is 15.7 Å². The second kappa shape index (κ2) is 12.6. The molecule has 0 atom stereocenters. The van der Waals surface area contributed by atoms with E-state index in [2.05, 4.69) is 58.6 Å². The summed E-state index contributed by atoms with van der Waals surface area (Å²) in [6, 6.07) is 8.72. The molecule has 1 aromatic heterocycles. The van der Waals surface area contributed by atoms with Crippen LogP contribution in [0.5, 0.6) is 0 Å². The van der Waals surface area contributed by atoms with E-state index >= 15 is 0 Å². The molecule has 3 rings (SSSR count). The number of halogens is 1. The van der Waals surface area contributed by atoms with Crippen LogP contribution in [0.4, 0.5) is 0 Å². The molecule has 1 aliphatic rings. The summed E-state index contributed by atoms with van der Waals surface area (Å²) < 4.78 is 0. The van der Waals surface area contributed by atoms with Crippen LogP contribution in [0.2, 0.25) is 0 Å². The standard InChI is InChI=1S/C22H33N5OS.HI/c1-4-23-22(25-14-21-16(2)26-17(3)29-21)24-13-18-5-7-19(8-6-18)15-27-11-9-20(28)10-12-27;/h5-8,20,28H,4,9-15H2,1-3H3,(H2,23,24,25);1H. The van der Waals surface area contributed by atoms with Crippen molar-refractivity contribution < 1.29 is 5.11 Å². The molecule has 1 fully saturated rings. The molecule has 6 nitrogen and oxygen atoms in total. The molecule has 0 bridgehead atoms. The number of hydrogen-bond donors (Lipinski definition) is 3. The second-order valence-corrected chi connectivity index (χ2v) is 8.90. The zero-order valence-corrected chi connectivity index (χ0v) is 21.3. The number of nitrogens with zero attached hydrogens (tertiary/aromatic N) is 3. The molecule has 30 heavy (non-hydrogen) atoms. The lowest BCUT2D eigenvalue weighted by Gasteiger charge is -2.29. The molecule has 0 radical (unpaired) electrons. The minimum Gasteiger partial charge on any atom is -0.393 e. The van der Waals surface area contributed by atoms with Crippen molar-refractivity contribution >= 4 is 41.3 Å². The lowest BCUT2D eigenvalue weighted by atomic mass is 10.1. The first-order valence-corrected chi connectivity index (χ1v) is 11.3. The summed E-state index contributed by atoms with van der Waals surface area (Å²) >= 11 is 1.73. The van der Waals surface area contributed by atoms with Gasteiger partial charge in [-0.1, -0.05) is 24.3 Å². The monoisotopic (exact) mass is 543 g/mol. The van der Waals surface area contributed by atoms with E-state index in [0.717, 1.165) is 62.2 Å². The molecule has 0 spiro atoms. The normalized spacial score (nSPS) is 15.7. The molecule has 0 saturated carbocycles. The molecule has 0 amide bonds. The van der Waals surface area contributed by atoms with Gasteiger partial charge in [0.25, 0.3) is 0 Å². The van der Waals surface area contributed by atoms with Gasteiger partial charge in [-0.25, -0.2) is 9.98 Å². The molecule has 2 heterocycles. The van der Waals surface area contributed by atoms with Gasteiger partial charge in [0.2, 0.25) is 0 Å². The molecule has 3 N–H and O–H groups in total. The highest BCUT2D eigenvalue weighted by Crippen LogP contribution is 2.17. The van der Waals surface area contributed by atoms with Gasteiger partial charge in [-0.15, -0.1) is 35.3 Å². The molecule has 0 aliphatic carbocycles. The quantitative estimate of drug-likeness (QED) is 0.283. The van der Waals surface area contributed by atoms with Gasteiger partial charge in [0.1, 0.15) is 0 Å². The van der Waals surface area contributed by atoms with E-state index in [-0.39, 0.29) is 30.1 Å². The molecule has 2 aromatic rings. The number of guanidine groups is 1. The van der Waals surface area contributed by atoms with Crippen LogP contribution in [0.3, 0.4) is 0 Å². The van der Waals surface area contributed by atoms with E-state index in [1.165, 1.54) is 16.0 Å². The number of thiazole rings is 1. The zero-order valence-electron chi connectivity index (χ0n) is 18.1. The average Bonchev–Trinajstić information content (AvgIpc) is 3.04. The molecule has 8 heteroatoms. The number of benzene rings is 1. The Kier molecular flexibility index (Phi) is 10.5. The number of likely N-dealkylation sites (tertiary alicyclic amines) is 1. The van der Waals surface area contributed by atoms with E-state index in [4.69, 9.17) is 4.99 Å². The van der Waals surface area contributed by atoms with Crippen molar-refractivity contribution in [1.82, 2.24) is 20.5 Å². The van der Waals surface area contributed by atoms with Crippen LogP contribution in [0.1, 0.15) is 46.5 Å². The lowest BCUT2D eigenvalue weighted by Crippen LogP contribution is -2.36. The van der Waals surface area contributed by atoms with E-state index in [1.54, 1.807) is 11.3 Å². The fraction of sp³-hybridized carbons (Fsp3) is 0.545. The summed E-state index contributed by atoms with van der Waals surface area (Å²) in [5.74, 6) is 0.828. The topological polar surface area (TPSA) is 72.8 Å². The number of nitrogens with one attached hydrogen (secondary N) is 2. The molecular formula is C22H34IN5OS. The number of piperidine rings is 1. The second-order valence-electron chi connectivity index (χ2n) is 7.61. The zero-order chi connectivity index (χ0) is 20.6. The Bertz CT molecular complexity index is 800. The van der Waals surface area contributed by atoms with Crippen molar-refractivity contribution in [2.75, 3.05) is 19.6 Å². The molecular weight excluding hydrogens is 509 g/mol. The number of aromatic nitrogens is 1. The van der Waals surface area contributed by atoms with Gasteiger partial charge in [0.05, 0.1) is 29.9 Å².